The quantitative estimate of drug-likeness (QED) is 0.582. The van der Waals surface area contributed by atoms with Gasteiger partial charge in [0.25, 0.3) is 0 Å². The van der Waals surface area contributed by atoms with E-state index in [4.69, 9.17) is 0 Å². The minimum absolute atomic E-state index is 0.0539. The highest BCUT2D eigenvalue weighted by atomic mass is 32.2. The molecule has 1 aromatic heterocycles. The summed E-state index contributed by atoms with van der Waals surface area (Å²) in [6.45, 7) is 13.0. The zero-order valence-corrected chi connectivity index (χ0v) is 20.1. The molecule has 0 spiro atoms. The molecule has 1 N–H and O–H groups in total. The van der Waals surface area contributed by atoms with Gasteiger partial charge in [-0.2, -0.15) is 0 Å². The lowest BCUT2D eigenvalue weighted by Gasteiger charge is -2.20. The van der Waals surface area contributed by atoms with Crippen molar-refractivity contribution in [2.75, 3.05) is 5.75 Å². The molecular formula is C24H36N4OS. The average Bonchev–Trinajstić information content (AvgIpc) is 3.35. The lowest BCUT2D eigenvalue weighted by molar-refractivity contribution is -0.119. The van der Waals surface area contributed by atoms with E-state index in [1.807, 2.05) is 6.92 Å². The molecule has 2 aromatic rings. The second-order valence-electron chi connectivity index (χ2n) is 9.83. The molecule has 30 heavy (non-hydrogen) atoms. The SMILES string of the molecule is CC(C)[C@@H](C)NC(=O)CSc1nnc(-c2ccc(C(C)(C)C)cc2)n1C1CCCC1. The molecule has 0 aliphatic heterocycles. The second kappa shape index (κ2) is 9.54. The Morgan fingerprint density at radius 3 is 2.33 bits per heavy atom. The molecule has 1 atom stereocenters. The van der Waals surface area contributed by atoms with Crippen LogP contribution in [-0.4, -0.2) is 32.5 Å². The number of carbonyl (C=O) groups excluding carboxylic acids is 1. The van der Waals surface area contributed by atoms with Crippen molar-refractivity contribution in [3.63, 3.8) is 0 Å². The van der Waals surface area contributed by atoms with E-state index >= 15 is 0 Å². The highest BCUT2D eigenvalue weighted by molar-refractivity contribution is 7.99. The van der Waals surface area contributed by atoms with Gasteiger partial charge in [-0.25, -0.2) is 0 Å². The van der Waals surface area contributed by atoms with E-state index in [0.717, 1.165) is 29.4 Å². The maximum Gasteiger partial charge on any atom is 0.230 e. The summed E-state index contributed by atoms with van der Waals surface area (Å²) in [4.78, 5) is 12.4. The van der Waals surface area contributed by atoms with Crippen molar-refractivity contribution in [3.05, 3.63) is 29.8 Å². The molecule has 164 valence electrons. The number of thioether (sulfide) groups is 1. The third-order valence-electron chi connectivity index (χ3n) is 6.08. The summed E-state index contributed by atoms with van der Waals surface area (Å²) in [6.07, 6.45) is 4.77. The number of carbonyl (C=O) groups is 1. The number of hydrogen-bond donors (Lipinski definition) is 1. The fraction of sp³-hybridized carbons (Fsp3) is 0.625. The highest BCUT2D eigenvalue weighted by Gasteiger charge is 2.26. The molecule has 1 amide bonds. The molecule has 0 radical (unpaired) electrons. The second-order valence-corrected chi connectivity index (χ2v) is 10.8. The fourth-order valence-electron chi connectivity index (χ4n) is 3.78. The smallest absolute Gasteiger partial charge is 0.230 e. The van der Waals surface area contributed by atoms with Gasteiger partial charge >= 0.3 is 0 Å². The number of hydrogen-bond acceptors (Lipinski definition) is 4. The van der Waals surface area contributed by atoms with E-state index in [2.05, 4.69) is 79.0 Å². The first-order valence-electron chi connectivity index (χ1n) is 11.1. The molecule has 0 bridgehead atoms. The van der Waals surface area contributed by atoms with E-state index in [-0.39, 0.29) is 17.4 Å². The average molecular weight is 429 g/mol. The molecule has 1 heterocycles. The Morgan fingerprint density at radius 1 is 1.13 bits per heavy atom. The van der Waals surface area contributed by atoms with Crippen molar-refractivity contribution in [2.45, 2.75) is 89.9 Å². The molecular weight excluding hydrogens is 392 g/mol. The molecule has 1 aromatic carbocycles. The standard InChI is InChI=1S/C24H36N4OS/c1-16(2)17(3)25-21(29)15-30-23-27-26-22(28(23)20-9-7-8-10-20)18-11-13-19(14-12-18)24(4,5)6/h11-14,16-17,20H,7-10,15H2,1-6H3,(H,25,29)/t17-/m1/s1. The van der Waals surface area contributed by atoms with Gasteiger partial charge in [-0.15, -0.1) is 10.2 Å². The Morgan fingerprint density at radius 2 is 1.77 bits per heavy atom. The molecule has 0 unspecified atom stereocenters. The minimum Gasteiger partial charge on any atom is -0.353 e. The monoisotopic (exact) mass is 428 g/mol. The first kappa shape index (κ1) is 22.9. The molecule has 0 saturated heterocycles. The molecule has 1 aliphatic rings. The van der Waals surface area contributed by atoms with Crippen LogP contribution in [0.2, 0.25) is 0 Å². The first-order valence-corrected chi connectivity index (χ1v) is 12.1. The normalized spacial score (nSPS) is 16.2. The molecule has 5 nitrogen and oxygen atoms in total. The van der Waals surface area contributed by atoms with E-state index in [0.29, 0.717) is 17.7 Å². The van der Waals surface area contributed by atoms with Gasteiger partial charge in [-0.05, 0) is 36.7 Å². The highest BCUT2D eigenvalue weighted by Crippen LogP contribution is 2.37. The van der Waals surface area contributed by atoms with Gasteiger partial charge in [0, 0.05) is 17.6 Å². The number of aromatic nitrogens is 3. The third kappa shape index (κ3) is 5.45. The van der Waals surface area contributed by atoms with Gasteiger partial charge in [-0.1, -0.05) is 83.5 Å². The number of amides is 1. The molecule has 3 rings (SSSR count). The van der Waals surface area contributed by atoms with E-state index in [1.165, 1.54) is 30.2 Å². The van der Waals surface area contributed by atoms with Crippen LogP contribution in [0.3, 0.4) is 0 Å². The van der Waals surface area contributed by atoms with Crippen LogP contribution in [0, 0.1) is 5.92 Å². The summed E-state index contributed by atoms with van der Waals surface area (Å²) in [5, 5.41) is 13.0. The van der Waals surface area contributed by atoms with Gasteiger partial charge in [-0.3, -0.25) is 9.36 Å². The Balaban J connectivity index is 1.81. The minimum atomic E-state index is 0.0539. The lowest BCUT2D eigenvalue weighted by atomic mass is 9.86. The molecule has 1 saturated carbocycles. The Kier molecular flexibility index (Phi) is 7.27. The largest absolute Gasteiger partial charge is 0.353 e. The van der Waals surface area contributed by atoms with Crippen LogP contribution in [0.4, 0.5) is 0 Å². The van der Waals surface area contributed by atoms with Crippen molar-refractivity contribution < 1.29 is 4.79 Å². The summed E-state index contributed by atoms with van der Waals surface area (Å²) < 4.78 is 2.28. The topological polar surface area (TPSA) is 59.8 Å². The number of nitrogens with one attached hydrogen (secondary N) is 1. The zero-order valence-electron chi connectivity index (χ0n) is 19.2. The summed E-state index contributed by atoms with van der Waals surface area (Å²) in [5.74, 6) is 1.76. The Hall–Kier alpha value is -1.82. The number of benzene rings is 1. The Labute approximate surface area is 185 Å². The summed E-state index contributed by atoms with van der Waals surface area (Å²) in [5.41, 5.74) is 2.52. The summed E-state index contributed by atoms with van der Waals surface area (Å²) in [7, 11) is 0. The van der Waals surface area contributed by atoms with Crippen LogP contribution in [0.5, 0.6) is 0 Å². The van der Waals surface area contributed by atoms with Crippen molar-refractivity contribution in [3.8, 4) is 11.4 Å². The van der Waals surface area contributed by atoms with Gasteiger partial charge in [0.15, 0.2) is 11.0 Å². The third-order valence-corrected chi connectivity index (χ3v) is 7.03. The summed E-state index contributed by atoms with van der Waals surface area (Å²) >= 11 is 1.50. The van der Waals surface area contributed by atoms with Crippen LogP contribution in [0.25, 0.3) is 11.4 Å². The van der Waals surface area contributed by atoms with Gasteiger partial charge < -0.3 is 5.32 Å². The maximum absolute atomic E-state index is 12.4. The first-order chi connectivity index (χ1) is 14.2. The van der Waals surface area contributed by atoms with E-state index in [9.17, 15) is 4.79 Å². The van der Waals surface area contributed by atoms with E-state index < -0.39 is 0 Å². The van der Waals surface area contributed by atoms with Gasteiger partial charge in [0.2, 0.25) is 5.91 Å². The van der Waals surface area contributed by atoms with Crippen LogP contribution in [-0.2, 0) is 10.2 Å². The van der Waals surface area contributed by atoms with Crippen LogP contribution >= 0.6 is 11.8 Å². The number of rotatable bonds is 7. The summed E-state index contributed by atoms with van der Waals surface area (Å²) in [6, 6.07) is 9.27. The lowest BCUT2D eigenvalue weighted by Crippen LogP contribution is -2.37. The van der Waals surface area contributed by atoms with Crippen LogP contribution < -0.4 is 5.32 Å². The van der Waals surface area contributed by atoms with Crippen molar-refractivity contribution in [2.24, 2.45) is 5.92 Å². The number of nitrogens with zero attached hydrogens (tertiary/aromatic N) is 3. The molecule has 1 aliphatic carbocycles. The van der Waals surface area contributed by atoms with Crippen molar-refractivity contribution in [1.82, 2.24) is 20.1 Å². The van der Waals surface area contributed by atoms with Crippen molar-refractivity contribution in [1.29, 1.82) is 0 Å². The van der Waals surface area contributed by atoms with Gasteiger partial charge in [0.1, 0.15) is 0 Å². The predicted octanol–water partition coefficient (Wildman–Crippen LogP) is 5.61. The van der Waals surface area contributed by atoms with Crippen molar-refractivity contribution >= 4 is 17.7 Å². The molecule has 1 fully saturated rings. The predicted molar refractivity (Wildman–Crippen MR) is 125 cm³/mol. The van der Waals surface area contributed by atoms with Gasteiger partial charge in [0.05, 0.1) is 5.75 Å². The fourth-order valence-corrected chi connectivity index (χ4v) is 4.59. The van der Waals surface area contributed by atoms with E-state index in [1.54, 1.807) is 0 Å². The zero-order chi connectivity index (χ0) is 21.9. The van der Waals surface area contributed by atoms with Crippen LogP contribution in [0.15, 0.2) is 29.4 Å². The molecule has 6 heteroatoms. The maximum atomic E-state index is 12.4. The van der Waals surface area contributed by atoms with Crippen LogP contribution in [0.1, 0.15) is 78.8 Å². The Bertz CT molecular complexity index is 845.